The fourth-order valence-corrected chi connectivity index (χ4v) is 2.09. The van der Waals surface area contributed by atoms with Gasteiger partial charge in [0, 0.05) is 6.08 Å². The topological polar surface area (TPSA) is 41.1 Å². The predicted molar refractivity (Wildman–Crippen MR) is 91.3 cm³/mol. The third-order valence-corrected chi connectivity index (χ3v) is 3.15. The fraction of sp³-hybridized carbons (Fsp3) is 0.0588. The summed E-state index contributed by atoms with van der Waals surface area (Å²) < 4.78 is 38.7. The molecule has 2 N–H and O–H groups in total. The molecule has 0 radical (unpaired) electrons. The Labute approximate surface area is 142 Å². The van der Waals surface area contributed by atoms with Crippen molar-refractivity contribution < 1.29 is 18.0 Å². The lowest BCUT2D eigenvalue weighted by molar-refractivity contribution is -0.136. The van der Waals surface area contributed by atoms with Gasteiger partial charge in [0.2, 0.25) is 5.91 Å². The van der Waals surface area contributed by atoms with Gasteiger partial charge < -0.3 is 5.32 Å². The fourth-order valence-electron chi connectivity index (χ4n) is 1.88. The summed E-state index contributed by atoms with van der Waals surface area (Å²) in [7, 11) is 0. The van der Waals surface area contributed by atoms with E-state index in [0.717, 1.165) is 11.6 Å². The number of rotatable bonds is 3. The third-order valence-electron chi connectivity index (χ3n) is 2.94. The highest BCUT2D eigenvalue weighted by Crippen LogP contribution is 2.34. The second-order valence-corrected chi connectivity index (χ2v) is 5.14. The zero-order valence-electron chi connectivity index (χ0n) is 12.3. The maximum atomic E-state index is 12.9. The Balaban J connectivity index is 1.99. The first-order valence-electron chi connectivity index (χ1n) is 6.87. The van der Waals surface area contributed by atoms with E-state index in [1.54, 1.807) is 18.2 Å². The van der Waals surface area contributed by atoms with Gasteiger partial charge in [-0.3, -0.25) is 10.1 Å². The summed E-state index contributed by atoms with van der Waals surface area (Å²) in [5.74, 6) is -0.541. The minimum Gasteiger partial charge on any atom is -0.332 e. The van der Waals surface area contributed by atoms with Crippen molar-refractivity contribution in [3.05, 3.63) is 71.8 Å². The second-order valence-electron chi connectivity index (χ2n) is 4.73. The van der Waals surface area contributed by atoms with Crippen molar-refractivity contribution in [3.8, 4) is 0 Å². The molecule has 1 amide bonds. The van der Waals surface area contributed by atoms with Crippen LogP contribution in [0.2, 0.25) is 0 Å². The van der Waals surface area contributed by atoms with Crippen LogP contribution in [0.25, 0.3) is 6.08 Å². The molecule has 0 spiro atoms. The first-order chi connectivity index (χ1) is 11.4. The van der Waals surface area contributed by atoms with E-state index in [4.69, 9.17) is 12.2 Å². The summed E-state index contributed by atoms with van der Waals surface area (Å²) in [6.07, 6.45) is -1.70. The highest BCUT2D eigenvalue weighted by Gasteiger charge is 2.33. The number of halogens is 3. The van der Waals surface area contributed by atoms with Gasteiger partial charge in [-0.1, -0.05) is 42.5 Å². The van der Waals surface area contributed by atoms with Crippen LogP contribution in [0.15, 0.2) is 60.7 Å². The van der Waals surface area contributed by atoms with Crippen LogP contribution < -0.4 is 10.6 Å². The van der Waals surface area contributed by atoms with Crippen molar-refractivity contribution in [1.82, 2.24) is 5.32 Å². The van der Waals surface area contributed by atoms with E-state index in [1.807, 2.05) is 18.2 Å². The number of amides is 1. The van der Waals surface area contributed by atoms with Gasteiger partial charge in [-0.2, -0.15) is 13.2 Å². The van der Waals surface area contributed by atoms with Crippen molar-refractivity contribution in [2.45, 2.75) is 6.18 Å². The van der Waals surface area contributed by atoms with Crippen LogP contribution in [-0.2, 0) is 11.0 Å². The van der Waals surface area contributed by atoms with Crippen molar-refractivity contribution in [2.75, 3.05) is 5.32 Å². The molecule has 3 nitrogen and oxygen atoms in total. The van der Waals surface area contributed by atoms with E-state index in [1.165, 1.54) is 24.3 Å². The van der Waals surface area contributed by atoms with Gasteiger partial charge in [-0.05, 0) is 36.0 Å². The van der Waals surface area contributed by atoms with Crippen LogP contribution in [0.1, 0.15) is 11.1 Å². The second kappa shape index (κ2) is 7.74. The molecule has 2 aromatic rings. The maximum Gasteiger partial charge on any atom is 0.418 e. The van der Waals surface area contributed by atoms with E-state index in [2.05, 4.69) is 10.6 Å². The van der Waals surface area contributed by atoms with E-state index < -0.39 is 17.6 Å². The zero-order valence-corrected chi connectivity index (χ0v) is 13.1. The summed E-state index contributed by atoms with van der Waals surface area (Å²) in [6, 6.07) is 14.0. The van der Waals surface area contributed by atoms with Gasteiger partial charge in [0.15, 0.2) is 5.11 Å². The molecule has 0 bridgehead atoms. The van der Waals surface area contributed by atoms with E-state index >= 15 is 0 Å². The maximum absolute atomic E-state index is 12.9. The number of carbonyl (C=O) groups excluding carboxylic acids is 1. The number of hydrogen-bond acceptors (Lipinski definition) is 2. The molecule has 0 heterocycles. The Hall–Kier alpha value is -2.67. The number of benzene rings is 2. The van der Waals surface area contributed by atoms with Crippen molar-refractivity contribution >= 4 is 35.0 Å². The van der Waals surface area contributed by atoms with Gasteiger partial charge in [-0.25, -0.2) is 0 Å². The first-order valence-corrected chi connectivity index (χ1v) is 7.28. The minimum absolute atomic E-state index is 0.214. The van der Waals surface area contributed by atoms with E-state index in [0.29, 0.717) is 0 Å². The van der Waals surface area contributed by atoms with E-state index in [9.17, 15) is 18.0 Å². The van der Waals surface area contributed by atoms with Gasteiger partial charge in [0.05, 0.1) is 11.3 Å². The van der Waals surface area contributed by atoms with Crippen LogP contribution in [0, 0.1) is 0 Å². The number of anilines is 1. The Kier molecular flexibility index (Phi) is 5.70. The summed E-state index contributed by atoms with van der Waals surface area (Å²) in [5.41, 5.74) is -0.266. The molecule has 124 valence electrons. The standard InChI is InChI=1S/C17H13F3N2OS/c18-17(19,20)13-8-4-5-9-14(13)21-16(24)22-15(23)11-10-12-6-2-1-3-7-12/h1-11H,(H2,21,22,23,24)/b11-10+. The van der Waals surface area contributed by atoms with Gasteiger partial charge in [0.25, 0.3) is 0 Å². The molecule has 2 rings (SSSR count). The number of para-hydroxylation sites is 1. The Morgan fingerprint density at radius 1 is 1.00 bits per heavy atom. The summed E-state index contributed by atoms with van der Waals surface area (Å²) >= 11 is 4.88. The van der Waals surface area contributed by atoms with Crippen LogP contribution in [-0.4, -0.2) is 11.0 Å². The molecular weight excluding hydrogens is 337 g/mol. The van der Waals surface area contributed by atoms with Crippen LogP contribution in [0.4, 0.5) is 18.9 Å². The van der Waals surface area contributed by atoms with Crippen LogP contribution in [0.5, 0.6) is 0 Å². The van der Waals surface area contributed by atoms with Gasteiger partial charge in [0.1, 0.15) is 0 Å². The quantitative estimate of drug-likeness (QED) is 0.643. The largest absolute Gasteiger partial charge is 0.418 e. The molecule has 0 unspecified atom stereocenters. The van der Waals surface area contributed by atoms with Gasteiger partial charge in [-0.15, -0.1) is 0 Å². The molecule has 0 fully saturated rings. The van der Waals surface area contributed by atoms with E-state index in [-0.39, 0.29) is 10.8 Å². The monoisotopic (exact) mass is 350 g/mol. The summed E-state index contributed by atoms with van der Waals surface area (Å²) in [4.78, 5) is 11.8. The molecule has 0 aliphatic heterocycles. The highest BCUT2D eigenvalue weighted by molar-refractivity contribution is 7.80. The third kappa shape index (κ3) is 5.20. The molecule has 0 atom stereocenters. The average Bonchev–Trinajstić information content (AvgIpc) is 2.53. The smallest absolute Gasteiger partial charge is 0.332 e. The molecule has 0 saturated carbocycles. The number of alkyl halides is 3. The van der Waals surface area contributed by atoms with Crippen molar-refractivity contribution in [1.29, 1.82) is 0 Å². The molecule has 24 heavy (non-hydrogen) atoms. The summed E-state index contributed by atoms with van der Waals surface area (Å²) in [6.45, 7) is 0. The molecule has 0 aliphatic carbocycles. The predicted octanol–water partition coefficient (Wildman–Crippen LogP) is 4.23. The lowest BCUT2D eigenvalue weighted by Gasteiger charge is -2.14. The van der Waals surface area contributed by atoms with Gasteiger partial charge >= 0.3 is 6.18 Å². The molecule has 7 heteroatoms. The molecule has 0 saturated heterocycles. The van der Waals surface area contributed by atoms with Crippen molar-refractivity contribution in [2.24, 2.45) is 0 Å². The lowest BCUT2D eigenvalue weighted by atomic mass is 10.1. The highest BCUT2D eigenvalue weighted by atomic mass is 32.1. The number of thiocarbonyl (C=S) groups is 1. The molecule has 0 aromatic heterocycles. The lowest BCUT2D eigenvalue weighted by Crippen LogP contribution is -2.33. The minimum atomic E-state index is -4.52. The zero-order chi connectivity index (χ0) is 17.6. The molecule has 2 aromatic carbocycles. The number of carbonyl (C=O) groups is 1. The SMILES string of the molecule is O=C(/C=C/c1ccccc1)NC(=S)Nc1ccccc1C(F)(F)F. The number of hydrogen-bond donors (Lipinski definition) is 2. The van der Waals surface area contributed by atoms with Crippen molar-refractivity contribution in [3.63, 3.8) is 0 Å². The first kappa shape index (κ1) is 17.7. The average molecular weight is 350 g/mol. The normalized spacial score (nSPS) is 11.3. The summed E-state index contributed by atoms with van der Waals surface area (Å²) in [5, 5.41) is 4.48. The molecule has 0 aliphatic rings. The Morgan fingerprint density at radius 3 is 2.29 bits per heavy atom. The van der Waals surface area contributed by atoms with Crippen LogP contribution >= 0.6 is 12.2 Å². The Morgan fingerprint density at radius 2 is 1.62 bits per heavy atom. The Bertz CT molecular complexity index is 758. The number of nitrogens with one attached hydrogen (secondary N) is 2. The van der Waals surface area contributed by atoms with Crippen LogP contribution in [0.3, 0.4) is 0 Å². The molecular formula is C17H13F3N2OS.